The number of carboxylic acids is 1. The number of ketones is 1. The van der Waals surface area contributed by atoms with Crippen molar-refractivity contribution in [3.63, 3.8) is 0 Å². The minimum absolute atomic E-state index is 0.0684. The lowest BCUT2D eigenvalue weighted by atomic mass is 10.2. The first-order chi connectivity index (χ1) is 7.37. The standard InChI is InChI=1S/C9H17O6P/c1-4-14-16(13,15-5-2)8(9(11)12)6-7(3)10/h8H,4-6H2,1-3H3,(H,11,12). The van der Waals surface area contributed by atoms with Crippen molar-refractivity contribution in [3.05, 3.63) is 0 Å². The third kappa shape index (κ3) is 4.43. The van der Waals surface area contributed by atoms with Crippen molar-refractivity contribution in [2.45, 2.75) is 32.9 Å². The first kappa shape index (κ1) is 15.3. The van der Waals surface area contributed by atoms with Crippen LogP contribution in [0.1, 0.15) is 27.2 Å². The minimum Gasteiger partial charge on any atom is -0.481 e. The second kappa shape index (κ2) is 6.78. The molecule has 1 unspecified atom stereocenters. The van der Waals surface area contributed by atoms with Gasteiger partial charge in [0.2, 0.25) is 0 Å². The number of hydrogen-bond donors (Lipinski definition) is 1. The zero-order valence-corrected chi connectivity index (χ0v) is 10.5. The Kier molecular flexibility index (Phi) is 6.48. The Morgan fingerprint density at radius 1 is 1.25 bits per heavy atom. The van der Waals surface area contributed by atoms with E-state index in [1.165, 1.54) is 6.92 Å². The van der Waals surface area contributed by atoms with Gasteiger partial charge in [0, 0.05) is 6.42 Å². The predicted octanol–water partition coefficient (Wildman–Crippen LogP) is 1.68. The van der Waals surface area contributed by atoms with E-state index in [-0.39, 0.29) is 25.4 Å². The van der Waals surface area contributed by atoms with Gasteiger partial charge in [-0.05, 0) is 20.8 Å². The summed E-state index contributed by atoms with van der Waals surface area (Å²) in [6.45, 7) is 4.53. The van der Waals surface area contributed by atoms with Crippen molar-refractivity contribution in [1.82, 2.24) is 0 Å². The smallest absolute Gasteiger partial charge is 0.345 e. The fourth-order valence-corrected chi connectivity index (χ4v) is 3.09. The van der Waals surface area contributed by atoms with Crippen LogP contribution in [0.15, 0.2) is 0 Å². The Morgan fingerprint density at radius 2 is 1.69 bits per heavy atom. The Labute approximate surface area is 94.5 Å². The summed E-state index contributed by atoms with van der Waals surface area (Å²) in [5, 5.41) is 8.93. The van der Waals surface area contributed by atoms with Gasteiger partial charge in [0.25, 0.3) is 0 Å². The van der Waals surface area contributed by atoms with Gasteiger partial charge in [0.15, 0.2) is 5.66 Å². The van der Waals surface area contributed by atoms with Gasteiger partial charge in [-0.15, -0.1) is 0 Å². The zero-order valence-electron chi connectivity index (χ0n) is 9.63. The van der Waals surface area contributed by atoms with E-state index in [0.717, 1.165) is 0 Å². The third-order valence-corrected chi connectivity index (χ3v) is 4.17. The van der Waals surface area contributed by atoms with Crippen molar-refractivity contribution in [2.75, 3.05) is 13.2 Å². The van der Waals surface area contributed by atoms with Gasteiger partial charge >= 0.3 is 13.6 Å². The summed E-state index contributed by atoms with van der Waals surface area (Å²) in [5.74, 6) is -1.72. The van der Waals surface area contributed by atoms with Crippen LogP contribution in [0.3, 0.4) is 0 Å². The zero-order chi connectivity index (χ0) is 12.8. The molecule has 0 amide bonds. The third-order valence-electron chi connectivity index (χ3n) is 1.77. The molecule has 0 heterocycles. The van der Waals surface area contributed by atoms with E-state index < -0.39 is 19.2 Å². The van der Waals surface area contributed by atoms with Gasteiger partial charge in [-0.2, -0.15) is 0 Å². The van der Waals surface area contributed by atoms with Crippen molar-refractivity contribution < 1.29 is 28.3 Å². The Bertz CT molecular complexity index is 290. The summed E-state index contributed by atoms with van der Waals surface area (Å²) in [6.07, 6.45) is -0.355. The first-order valence-corrected chi connectivity index (χ1v) is 6.59. The van der Waals surface area contributed by atoms with E-state index in [9.17, 15) is 14.2 Å². The second-order valence-corrected chi connectivity index (χ2v) is 5.35. The molecule has 0 aromatic rings. The average Bonchev–Trinajstić information content (AvgIpc) is 2.14. The van der Waals surface area contributed by atoms with Crippen LogP contribution in [0.2, 0.25) is 0 Å². The van der Waals surface area contributed by atoms with E-state index in [2.05, 4.69) is 0 Å². The van der Waals surface area contributed by atoms with Gasteiger partial charge in [0.05, 0.1) is 13.2 Å². The highest BCUT2D eigenvalue weighted by atomic mass is 31.2. The molecule has 0 aliphatic heterocycles. The normalized spacial score (nSPS) is 13.4. The van der Waals surface area contributed by atoms with Crippen molar-refractivity contribution in [2.24, 2.45) is 0 Å². The quantitative estimate of drug-likeness (QED) is 0.661. The highest BCUT2D eigenvalue weighted by Gasteiger charge is 2.41. The summed E-state index contributed by atoms with van der Waals surface area (Å²) >= 11 is 0. The molecule has 0 bridgehead atoms. The largest absolute Gasteiger partial charge is 0.481 e. The Balaban J connectivity index is 5.01. The molecule has 0 fully saturated rings. The highest BCUT2D eigenvalue weighted by molar-refractivity contribution is 7.55. The summed E-state index contributed by atoms with van der Waals surface area (Å²) in [4.78, 5) is 21.9. The topological polar surface area (TPSA) is 89.9 Å². The molecule has 0 spiro atoms. The summed E-state index contributed by atoms with van der Waals surface area (Å²) in [7, 11) is -3.76. The molecule has 7 heteroatoms. The summed E-state index contributed by atoms with van der Waals surface area (Å²) in [6, 6.07) is 0. The second-order valence-electron chi connectivity index (χ2n) is 3.14. The maximum Gasteiger partial charge on any atom is 0.345 e. The lowest BCUT2D eigenvalue weighted by Gasteiger charge is -2.22. The average molecular weight is 252 g/mol. The fourth-order valence-electron chi connectivity index (χ4n) is 1.18. The molecular weight excluding hydrogens is 235 g/mol. The van der Waals surface area contributed by atoms with Gasteiger partial charge in [-0.25, -0.2) is 0 Å². The van der Waals surface area contributed by atoms with Crippen LogP contribution in [-0.2, 0) is 23.2 Å². The molecular formula is C9H17O6P. The number of hydrogen-bond acceptors (Lipinski definition) is 5. The van der Waals surface area contributed by atoms with E-state index in [0.29, 0.717) is 0 Å². The number of carbonyl (C=O) groups excluding carboxylic acids is 1. The molecule has 0 aromatic carbocycles. The van der Waals surface area contributed by atoms with Gasteiger partial charge in [-0.3, -0.25) is 14.2 Å². The SMILES string of the molecule is CCOP(=O)(OCC)C(CC(C)=O)C(=O)O. The van der Waals surface area contributed by atoms with E-state index in [4.69, 9.17) is 14.2 Å². The molecule has 1 N–H and O–H groups in total. The molecule has 6 nitrogen and oxygen atoms in total. The summed E-state index contributed by atoms with van der Waals surface area (Å²) < 4.78 is 21.9. The predicted molar refractivity (Wildman–Crippen MR) is 57.6 cm³/mol. The number of carboxylic acid groups (broad SMARTS) is 1. The number of Topliss-reactive ketones (excluding diaryl/α,β-unsaturated/α-hetero) is 1. The van der Waals surface area contributed by atoms with Crippen LogP contribution in [-0.4, -0.2) is 35.7 Å². The Hall–Kier alpha value is -0.710. The lowest BCUT2D eigenvalue weighted by molar-refractivity contribution is -0.138. The lowest BCUT2D eigenvalue weighted by Crippen LogP contribution is -2.25. The molecule has 0 saturated carbocycles. The Morgan fingerprint density at radius 3 is 1.94 bits per heavy atom. The number of carbonyl (C=O) groups is 2. The molecule has 0 aliphatic carbocycles. The highest BCUT2D eigenvalue weighted by Crippen LogP contribution is 2.54. The first-order valence-electron chi connectivity index (χ1n) is 4.98. The van der Waals surface area contributed by atoms with Crippen LogP contribution in [0.5, 0.6) is 0 Å². The van der Waals surface area contributed by atoms with Crippen LogP contribution >= 0.6 is 7.60 Å². The van der Waals surface area contributed by atoms with Crippen molar-refractivity contribution in [3.8, 4) is 0 Å². The van der Waals surface area contributed by atoms with Crippen LogP contribution in [0.4, 0.5) is 0 Å². The molecule has 1 atom stereocenters. The van der Waals surface area contributed by atoms with Gasteiger partial charge in [-0.1, -0.05) is 0 Å². The molecule has 0 saturated heterocycles. The van der Waals surface area contributed by atoms with Crippen LogP contribution in [0, 0.1) is 0 Å². The molecule has 0 radical (unpaired) electrons. The fraction of sp³-hybridized carbons (Fsp3) is 0.778. The maximum atomic E-state index is 12.1. The van der Waals surface area contributed by atoms with Crippen molar-refractivity contribution >= 4 is 19.3 Å². The monoisotopic (exact) mass is 252 g/mol. The van der Waals surface area contributed by atoms with Crippen molar-refractivity contribution in [1.29, 1.82) is 0 Å². The number of aliphatic carboxylic acids is 1. The van der Waals surface area contributed by atoms with E-state index in [1.807, 2.05) is 0 Å². The van der Waals surface area contributed by atoms with Gasteiger partial charge in [0.1, 0.15) is 5.78 Å². The molecule has 0 aromatic heterocycles. The molecule has 0 rings (SSSR count). The summed E-state index contributed by atoms with van der Waals surface area (Å²) in [5.41, 5.74) is -1.43. The molecule has 94 valence electrons. The van der Waals surface area contributed by atoms with E-state index >= 15 is 0 Å². The maximum absolute atomic E-state index is 12.1. The number of rotatable bonds is 8. The van der Waals surface area contributed by atoms with Crippen LogP contribution < -0.4 is 0 Å². The van der Waals surface area contributed by atoms with E-state index in [1.54, 1.807) is 13.8 Å². The molecule has 0 aliphatic rings. The van der Waals surface area contributed by atoms with Gasteiger partial charge < -0.3 is 14.2 Å². The van der Waals surface area contributed by atoms with Crippen LogP contribution in [0.25, 0.3) is 0 Å². The molecule has 16 heavy (non-hydrogen) atoms. The minimum atomic E-state index is -3.76.